The van der Waals surface area contributed by atoms with Gasteiger partial charge < -0.3 is 19.5 Å². The molecule has 7 nitrogen and oxygen atoms in total. The number of ketones is 1. The van der Waals surface area contributed by atoms with Crippen LogP contribution in [-0.4, -0.2) is 40.4 Å². The smallest absolute Gasteiger partial charge is 0.295 e. The van der Waals surface area contributed by atoms with E-state index in [0.717, 1.165) is 5.56 Å². The molecule has 0 spiro atoms. The Morgan fingerprint density at radius 2 is 1.85 bits per heavy atom. The van der Waals surface area contributed by atoms with Crippen LogP contribution in [0.4, 0.5) is 0 Å². The van der Waals surface area contributed by atoms with Crippen LogP contribution in [0.15, 0.2) is 78.6 Å². The first-order valence-corrected chi connectivity index (χ1v) is 10.6. The van der Waals surface area contributed by atoms with Crippen molar-refractivity contribution in [1.29, 1.82) is 0 Å². The molecule has 1 aromatic heterocycles. The summed E-state index contributed by atoms with van der Waals surface area (Å²) in [5.74, 6) is -0.459. The number of methoxy groups -OCH3 is 1. The highest BCUT2D eigenvalue weighted by Crippen LogP contribution is 2.41. The molecule has 4 rings (SSSR count). The summed E-state index contributed by atoms with van der Waals surface area (Å²) in [5, 5.41) is 11.2. The third-order valence-corrected chi connectivity index (χ3v) is 5.47. The summed E-state index contributed by atoms with van der Waals surface area (Å²) in [4.78, 5) is 31.8. The van der Waals surface area contributed by atoms with E-state index in [9.17, 15) is 14.7 Å². The van der Waals surface area contributed by atoms with Crippen molar-refractivity contribution in [3.63, 3.8) is 0 Å². The average Bonchev–Trinajstić information content (AvgIpc) is 3.10. The molecule has 0 aliphatic carbocycles. The Hall–Kier alpha value is -4.13. The van der Waals surface area contributed by atoms with Gasteiger partial charge in [-0.15, -0.1) is 0 Å². The Balaban J connectivity index is 1.84. The number of carbonyl (C=O) groups excluding carboxylic acids is 2. The van der Waals surface area contributed by atoms with Crippen molar-refractivity contribution in [3.8, 4) is 11.5 Å². The lowest BCUT2D eigenvalue weighted by molar-refractivity contribution is -0.140. The van der Waals surface area contributed by atoms with Crippen molar-refractivity contribution >= 4 is 17.4 Å². The van der Waals surface area contributed by atoms with Crippen LogP contribution < -0.4 is 9.47 Å². The summed E-state index contributed by atoms with van der Waals surface area (Å²) in [6.07, 6.45) is 3.29. The second-order valence-electron chi connectivity index (χ2n) is 7.52. The van der Waals surface area contributed by atoms with Crippen molar-refractivity contribution in [1.82, 2.24) is 9.88 Å². The summed E-state index contributed by atoms with van der Waals surface area (Å²) in [6.45, 7) is 2.59. The van der Waals surface area contributed by atoms with E-state index in [-0.39, 0.29) is 17.9 Å². The number of carbonyl (C=O) groups is 2. The minimum absolute atomic E-state index is 0.0290. The molecule has 1 aliphatic heterocycles. The second-order valence-corrected chi connectivity index (χ2v) is 7.52. The van der Waals surface area contributed by atoms with E-state index >= 15 is 0 Å². The van der Waals surface area contributed by atoms with E-state index in [0.29, 0.717) is 29.2 Å². The minimum atomic E-state index is -0.771. The first kappa shape index (κ1) is 22.1. The van der Waals surface area contributed by atoms with E-state index in [2.05, 4.69) is 4.98 Å². The number of aromatic nitrogens is 1. The van der Waals surface area contributed by atoms with E-state index in [1.165, 1.54) is 12.0 Å². The Morgan fingerprint density at radius 1 is 1.06 bits per heavy atom. The van der Waals surface area contributed by atoms with Gasteiger partial charge in [-0.1, -0.05) is 30.3 Å². The van der Waals surface area contributed by atoms with Gasteiger partial charge >= 0.3 is 0 Å². The molecule has 33 heavy (non-hydrogen) atoms. The largest absolute Gasteiger partial charge is 0.507 e. The lowest BCUT2D eigenvalue weighted by atomic mass is 9.95. The minimum Gasteiger partial charge on any atom is -0.507 e. The molecule has 1 saturated heterocycles. The summed E-state index contributed by atoms with van der Waals surface area (Å²) >= 11 is 0. The fourth-order valence-electron chi connectivity index (χ4n) is 3.92. The van der Waals surface area contributed by atoms with Crippen LogP contribution in [0.25, 0.3) is 5.76 Å². The van der Waals surface area contributed by atoms with Gasteiger partial charge in [0.1, 0.15) is 17.3 Å². The number of nitrogens with zero attached hydrogens (tertiary/aromatic N) is 2. The highest BCUT2D eigenvalue weighted by atomic mass is 16.5. The van der Waals surface area contributed by atoms with Gasteiger partial charge in [-0.2, -0.15) is 0 Å². The van der Waals surface area contributed by atoms with Crippen LogP contribution in [-0.2, 0) is 16.1 Å². The van der Waals surface area contributed by atoms with Gasteiger partial charge in [0.05, 0.1) is 25.3 Å². The molecule has 3 aromatic rings. The van der Waals surface area contributed by atoms with Crippen LogP contribution in [0.2, 0.25) is 0 Å². The third kappa shape index (κ3) is 4.43. The van der Waals surface area contributed by atoms with Gasteiger partial charge in [-0.25, -0.2) is 0 Å². The zero-order valence-electron chi connectivity index (χ0n) is 18.4. The molecule has 1 unspecified atom stereocenters. The topological polar surface area (TPSA) is 89.0 Å². The number of Topliss-reactive ketones (excluding diaryl/α,β-unsaturated/α-hetero) is 1. The second kappa shape index (κ2) is 9.56. The normalized spacial score (nSPS) is 17.3. The highest BCUT2D eigenvalue weighted by Gasteiger charge is 2.46. The fraction of sp³-hybridized carbons (Fsp3) is 0.192. The summed E-state index contributed by atoms with van der Waals surface area (Å²) < 4.78 is 10.8. The Morgan fingerprint density at radius 3 is 2.52 bits per heavy atom. The van der Waals surface area contributed by atoms with Crippen molar-refractivity contribution < 1.29 is 24.2 Å². The van der Waals surface area contributed by atoms with Crippen LogP contribution in [0.3, 0.4) is 0 Å². The third-order valence-electron chi connectivity index (χ3n) is 5.47. The number of benzene rings is 2. The number of hydrogen-bond donors (Lipinski definition) is 1. The van der Waals surface area contributed by atoms with Gasteiger partial charge in [0.25, 0.3) is 11.7 Å². The number of aliphatic hydroxyl groups is 1. The Labute approximate surface area is 191 Å². The number of aliphatic hydroxyl groups excluding tert-OH is 1. The number of pyridine rings is 1. The maximum Gasteiger partial charge on any atom is 0.295 e. The summed E-state index contributed by atoms with van der Waals surface area (Å²) in [5.41, 5.74) is 1.88. The predicted molar refractivity (Wildman–Crippen MR) is 123 cm³/mol. The predicted octanol–water partition coefficient (Wildman–Crippen LogP) is 4.11. The SMILES string of the molecule is CCOc1ccc(C2/C(=C(/O)c3cccc(OC)c3)C(=O)C(=O)N2Cc2cccnc2)cc1. The lowest BCUT2D eigenvalue weighted by Crippen LogP contribution is -2.29. The summed E-state index contributed by atoms with van der Waals surface area (Å²) in [6, 6.07) is 16.8. The van der Waals surface area contributed by atoms with Crippen molar-refractivity contribution in [3.05, 3.63) is 95.3 Å². The van der Waals surface area contributed by atoms with E-state index in [1.54, 1.807) is 67.0 Å². The number of ether oxygens (including phenoxy) is 2. The molecule has 1 fully saturated rings. The molecule has 2 aromatic carbocycles. The zero-order chi connectivity index (χ0) is 23.4. The van der Waals surface area contributed by atoms with Crippen LogP contribution >= 0.6 is 0 Å². The molecular weight excluding hydrogens is 420 g/mol. The maximum atomic E-state index is 13.1. The first-order valence-electron chi connectivity index (χ1n) is 10.6. The molecule has 0 bridgehead atoms. The van der Waals surface area contributed by atoms with Crippen molar-refractivity contribution in [2.45, 2.75) is 19.5 Å². The molecule has 0 radical (unpaired) electrons. The molecule has 1 atom stereocenters. The monoisotopic (exact) mass is 444 g/mol. The summed E-state index contributed by atoms with van der Waals surface area (Å²) in [7, 11) is 1.52. The Bertz CT molecular complexity index is 1190. The quantitative estimate of drug-likeness (QED) is 0.335. The highest BCUT2D eigenvalue weighted by molar-refractivity contribution is 6.46. The standard InChI is InChI=1S/C26H24N2O5/c1-3-33-20-11-9-18(10-12-20)23-22(24(29)19-7-4-8-21(14-19)32-2)25(30)26(31)28(23)16-17-6-5-13-27-15-17/h4-15,23,29H,3,16H2,1-2H3/b24-22-. The Kier molecular flexibility index (Phi) is 6.40. The van der Waals surface area contributed by atoms with Gasteiger partial charge in [0.2, 0.25) is 0 Å². The first-order chi connectivity index (χ1) is 16.0. The molecule has 1 N–H and O–H groups in total. The van der Waals surface area contributed by atoms with E-state index < -0.39 is 17.7 Å². The molecule has 1 amide bonds. The van der Waals surface area contributed by atoms with Crippen LogP contribution in [0.1, 0.15) is 29.7 Å². The zero-order valence-corrected chi connectivity index (χ0v) is 18.4. The number of amides is 1. The van der Waals surface area contributed by atoms with Crippen LogP contribution in [0.5, 0.6) is 11.5 Å². The van der Waals surface area contributed by atoms with Gasteiger partial charge in [-0.3, -0.25) is 14.6 Å². The van der Waals surface area contributed by atoms with Gasteiger partial charge in [0.15, 0.2) is 0 Å². The molecule has 0 saturated carbocycles. The fourth-order valence-corrected chi connectivity index (χ4v) is 3.92. The number of likely N-dealkylation sites (tertiary alicyclic amines) is 1. The molecular formula is C26H24N2O5. The van der Waals surface area contributed by atoms with Crippen molar-refractivity contribution in [2.24, 2.45) is 0 Å². The average molecular weight is 444 g/mol. The number of hydrogen-bond acceptors (Lipinski definition) is 6. The molecule has 7 heteroatoms. The number of rotatable bonds is 7. The maximum absolute atomic E-state index is 13.1. The van der Waals surface area contributed by atoms with E-state index in [1.807, 2.05) is 13.0 Å². The molecule has 2 heterocycles. The molecule has 168 valence electrons. The lowest BCUT2D eigenvalue weighted by Gasteiger charge is -2.25. The van der Waals surface area contributed by atoms with Crippen molar-refractivity contribution in [2.75, 3.05) is 13.7 Å². The molecule has 1 aliphatic rings. The van der Waals surface area contributed by atoms with E-state index in [4.69, 9.17) is 9.47 Å². The van der Waals surface area contributed by atoms with Gasteiger partial charge in [0, 0.05) is 24.5 Å². The van der Waals surface area contributed by atoms with Gasteiger partial charge in [-0.05, 0) is 48.4 Å². The van der Waals surface area contributed by atoms with Crippen LogP contribution in [0, 0.1) is 0 Å².